The second kappa shape index (κ2) is 8.18. The Morgan fingerprint density at radius 3 is 2.54 bits per heavy atom. The highest BCUT2D eigenvalue weighted by Crippen LogP contribution is 2.29. The van der Waals surface area contributed by atoms with E-state index in [4.69, 9.17) is 15.2 Å². The molecule has 0 aliphatic rings. The first-order valence-corrected chi connectivity index (χ1v) is 8.54. The van der Waals surface area contributed by atoms with Crippen molar-refractivity contribution < 1.29 is 14.3 Å². The molecule has 3 aromatic rings. The Balaban J connectivity index is 1.96. The van der Waals surface area contributed by atoms with Crippen LogP contribution in [0.15, 0.2) is 54.7 Å². The van der Waals surface area contributed by atoms with Gasteiger partial charge in [0.25, 0.3) is 0 Å². The van der Waals surface area contributed by atoms with Crippen LogP contribution in [0.4, 0.5) is 11.4 Å². The van der Waals surface area contributed by atoms with Gasteiger partial charge in [0.2, 0.25) is 0 Å². The monoisotopic (exact) mass is 376 g/mol. The number of nitrogens with zero attached hydrogens (tertiary/aromatic N) is 2. The van der Waals surface area contributed by atoms with E-state index < -0.39 is 5.97 Å². The summed E-state index contributed by atoms with van der Waals surface area (Å²) < 4.78 is 11.6. The van der Waals surface area contributed by atoms with Gasteiger partial charge in [0.1, 0.15) is 11.8 Å². The van der Waals surface area contributed by atoms with E-state index in [0.717, 1.165) is 17.0 Å². The lowest BCUT2D eigenvalue weighted by Crippen LogP contribution is -2.12. The lowest BCUT2D eigenvalue weighted by atomic mass is 10.2. The number of methoxy groups -OCH3 is 2. The van der Waals surface area contributed by atoms with E-state index in [1.807, 2.05) is 54.6 Å². The zero-order valence-electron chi connectivity index (χ0n) is 15.6. The van der Waals surface area contributed by atoms with Gasteiger partial charge in [-0.1, -0.05) is 24.3 Å². The Kier molecular flexibility index (Phi) is 5.51. The molecular weight excluding hydrogens is 356 g/mol. The Labute approximate surface area is 162 Å². The molecule has 142 valence electrons. The number of ether oxygens (including phenoxy) is 2. The summed E-state index contributed by atoms with van der Waals surface area (Å²) in [5.74, 6) is 0.183. The number of benzene rings is 2. The van der Waals surface area contributed by atoms with Crippen LogP contribution >= 0.6 is 0 Å². The molecule has 7 nitrogen and oxygen atoms in total. The lowest BCUT2D eigenvalue weighted by molar-refractivity contribution is 0.0593. The van der Waals surface area contributed by atoms with Crippen LogP contribution in [0, 0.1) is 11.3 Å². The van der Waals surface area contributed by atoms with E-state index in [-0.39, 0.29) is 16.9 Å². The fourth-order valence-electron chi connectivity index (χ4n) is 2.88. The van der Waals surface area contributed by atoms with Gasteiger partial charge in [-0.3, -0.25) is 0 Å². The molecule has 0 saturated carbocycles. The largest absolute Gasteiger partial charge is 0.497 e. The molecule has 0 aliphatic carbocycles. The van der Waals surface area contributed by atoms with Gasteiger partial charge in [-0.05, 0) is 29.8 Å². The predicted molar refractivity (Wildman–Crippen MR) is 107 cm³/mol. The number of nitrogens with one attached hydrogen (secondary N) is 1. The maximum Gasteiger partial charge on any atom is 0.357 e. The summed E-state index contributed by atoms with van der Waals surface area (Å²) in [6, 6.07) is 17.2. The number of nitrogen functional groups attached to an aromatic ring is 1. The van der Waals surface area contributed by atoms with Crippen LogP contribution in [0.1, 0.15) is 21.6 Å². The van der Waals surface area contributed by atoms with E-state index in [1.165, 1.54) is 13.3 Å². The molecular formula is C21H20N4O3. The fourth-order valence-corrected chi connectivity index (χ4v) is 2.88. The Hall–Kier alpha value is -3.92. The number of anilines is 2. The maximum atomic E-state index is 12.2. The quantitative estimate of drug-likeness (QED) is 0.640. The van der Waals surface area contributed by atoms with Crippen molar-refractivity contribution in [1.29, 1.82) is 5.26 Å². The first-order chi connectivity index (χ1) is 13.6. The summed E-state index contributed by atoms with van der Waals surface area (Å²) in [5.41, 5.74) is 8.96. The minimum atomic E-state index is -0.607. The summed E-state index contributed by atoms with van der Waals surface area (Å²) in [4.78, 5) is 12.2. The zero-order valence-corrected chi connectivity index (χ0v) is 15.6. The van der Waals surface area contributed by atoms with Gasteiger partial charge in [0.15, 0.2) is 5.69 Å². The average Bonchev–Trinajstić information content (AvgIpc) is 3.08. The molecule has 0 unspecified atom stereocenters. The van der Waals surface area contributed by atoms with Crippen molar-refractivity contribution in [1.82, 2.24) is 4.57 Å². The van der Waals surface area contributed by atoms with E-state index >= 15 is 0 Å². The van der Waals surface area contributed by atoms with Gasteiger partial charge in [-0.25, -0.2) is 4.79 Å². The van der Waals surface area contributed by atoms with Crippen LogP contribution in [0.25, 0.3) is 5.69 Å². The summed E-state index contributed by atoms with van der Waals surface area (Å²) in [5, 5.41) is 12.7. The number of para-hydroxylation sites is 2. The van der Waals surface area contributed by atoms with Crippen LogP contribution in [0.5, 0.6) is 5.75 Å². The minimum Gasteiger partial charge on any atom is -0.497 e. The minimum absolute atomic E-state index is 0.0966. The third-order valence-electron chi connectivity index (χ3n) is 4.35. The molecule has 0 radical (unpaired) electrons. The second-order valence-electron chi connectivity index (χ2n) is 6.00. The van der Waals surface area contributed by atoms with Crippen LogP contribution < -0.4 is 15.8 Å². The highest BCUT2D eigenvalue weighted by molar-refractivity contribution is 5.96. The molecule has 7 heteroatoms. The zero-order chi connectivity index (χ0) is 20.1. The van der Waals surface area contributed by atoms with Gasteiger partial charge in [0, 0.05) is 12.7 Å². The van der Waals surface area contributed by atoms with Gasteiger partial charge < -0.3 is 25.1 Å². The average molecular weight is 376 g/mol. The Bertz CT molecular complexity index is 1030. The molecule has 3 N–H and O–H groups in total. The predicted octanol–water partition coefficient (Wildman–Crippen LogP) is 3.34. The molecule has 0 spiro atoms. The van der Waals surface area contributed by atoms with E-state index in [9.17, 15) is 10.1 Å². The summed E-state index contributed by atoms with van der Waals surface area (Å²) in [6.45, 7) is 0.566. The SMILES string of the molecule is COC(=O)c1c(N)c(C#N)cn1-c1ccccc1NCc1ccc(OC)cc1. The number of nitrogens with two attached hydrogens (primary N) is 1. The number of aromatic nitrogens is 1. The topological polar surface area (TPSA) is 102 Å². The van der Waals surface area contributed by atoms with Crippen molar-refractivity contribution in [3.63, 3.8) is 0 Å². The number of hydrogen-bond acceptors (Lipinski definition) is 6. The third kappa shape index (κ3) is 3.62. The lowest BCUT2D eigenvalue weighted by Gasteiger charge is -2.15. The molecule has 0 aliphatic heterocycles. The first kappa shape index (κ1) is 18.9. The number of carbonyl (C=O) groups is 1. The smallest absolute Gasteiger partial charge is 0.357 e. The Morgan fingerprint density at radius 2 is 1.89 bits per heavy atom. The summed E-state index contributed by atoms with van der Waals surface area (Å²) in [6.07, 6.45) is 1.54. The first-order valence-electron chi connectivity index (χ1n) is 8.54. The van der Waals surface area contributed by atoms with Gasteiger partial charge in [0.05, 0.1) is 36.8 Å². The third-order valence-corrected chi connectivity index (χ3v) is 4.35. The van der Waals surface area contributed by atoms with E-state index in [1.54, 1.807) is 11.7 Å². The molecule has 1 aromatic heterocycles. The number of nitriles is 1. The van der Waals surface area contributed by atoms with E-state index in [0.29, 0.717) is 12.2 Å². The van der Waals surface area contributed by atoms with Crippen LogP contribution in [-0.2, 0) is 11.3 Å². The van der Waals surface area contributed by atoms with Crippen molar-refractivity contribution in [2.75, 3.05) is 25.3 Å². The highest BCUT2D eigenvalue weighted by atomic mass is 16.5. The number of esters is 1. The standard InChI is InChI=1S/C21H20N4O3/c1-27-16-9-7-14(8-10-16)12-24-17-5-3-4-6-18(17)25-13-15(11-22)19(23)20(25)21(26)28-2/h3-10,13,24H,12,23H2,1-2H3. The highest BCUT2D eigenvalue weighted by Gasteiger charge is 2.22. The van der Waals surface area contributed by atoms with Gasteiger partial charge in [-0.2, -0.15) is 5.26 Å². The fraction of sp³-hybridized carbons (Fsp3) is 0.143. The maximum absolute atomic E-state index is 12.2. The number of rotatable bonds is 6. The van der Waals surface area contributed by atoms with Crippen molar-refractivity contribution in [2.45, 2.75) is 6.54 Å². The molecule has 0 amide bonds. The molecule has 0 saturated heterocycles. The Morgan fingerprint density at radius 1 is 1.18 bits per heavy atom. The van der Waals surface area contributed by atoms with Crippen LogP contribution in [0.3, 0.4) is 0 Å². The van der Waals surface area contributed by atoms with E-state index in [2.05, 4.69) is 5.32 Å². The number of carbonyl (C=O) groups excluding carboxylic acids is 1. The summed E-state index contributed by atoms with van der Waals surface area (Å²) >= 11 is 0. The number of hydrogen-bond donors (Lipinski definition) is 2. The van der Waals surface area contributed by atoms with Gasteiger partial charge >= 0.3 is 5.97 Å². The molecule has 3 rings (SSSR count). The molecule has 0 fully saturated rings. The summed E-state index contributed by atoms with van der Waals surface area (Å²) in [7, 11) is 2.90. The molecule has 0 bridgehead atoms. The molecule has 1 heterocycles. The molecule has 28 heavy (non-hydrogen) atoms. The molecule has 2 aromatic carbocycles. The van der Waals surface area contributed by atoms with Crippen LogP contribution in [-0.4, -0.2) is 24.8 Å². The van der Waals surface area contributed by atoms with Crippen molar-refractivity contribution in [3.05, 3.63) is 71.5 Å². The van der Waals surface area contributed by atoms with Crippen LogP contribution in [0.2, 0.25) is 0 Å². The molecule has 0 atom stereocenters. The van der Waals surface area contributed by atoms with Crippen molar-refractivity contribution in [2.24, 2.45) is 0 Å². The van der Waals surface area contributed by atoms with Crippen molar-refractivity contribution in [3.8, 4) is 17.5 Å². The normalized spacial score (nSPS) is 10.2. The second-order valence-corrected chi connectivity index (χ2v) is 6.00. The van der Waals surface area contributed by atoms with Gasteiger partial charge in [-0.15, -0.1) is 0 Å². The van der Waals surface area contributed by atoms with Crippen molar-refractivity contribution >= 4 is 17.3 Å².